The van der Waals surface area contributed by atoms with Gasteiger partial charge >= 0.3 is 0 Å². The summed E-state index contributed by atoms with van der Waals surface area (Å²) in [5, 5.41) is 14.9. The summed E-state index contributed by atoms with van der Waals surface area (Å²) in [7, 11) is 0. The Morgan fingerprint density at radius 2 is 1.81 bits per heavy atom. The van der Waals surface area contributed by atoms with E-state index in [0.717, 1.165) is 46.5 Å². The number of carbonyl (C=O) groups is 1. The van der Waals surface area contributed by atoms with Crippen molar-refractivity contribution < 1.29 is 4.79 Å². The van der Waals surface area contributed by atoms with Gasteiger partial charge in [-0.1, -0.05) is 50.3 Å². The van der Waals surface area contributed by atoms with Crippen LogP contribution in [0, 0.1) is 23.2 Å². The smallest absolute Gasteiger partial charge is 0.176 e. The number of nitrogens with zero attached hydrogens (tertiary/aromatic N) is 5. The minimum absolute atomic E-state index is 0.0609. The van der Waals surface area contributed by atoms with Gasteiger partial charge in [0, 0.05) is 46.6 Å². The number of nitriles is 1. The van der Waals surface area contributed by atoms with Gasteiger partial charge in [-0.3, -0.25) is 9.78 Å². The van der Waals surface area contributed by atoms with Crippen molar-refractivity contribution in [1.29, 1.82) is 5.26 Å². The fourth-order valence-electron chi connectivity index (χ4n) is 6.07. The van der Waals surface area contributed by atoms with Crippen LogP contribution in [-0.4, -0.2) is 25.5 Å². The van der Waals surface area contributed by atoms with Crippen molar-refractivity contribution in [2.75, 3.05) is 0 Å². The molecular weight excluding hydrogens is 446 g/mol. The number of ketones is 1. The van der Waals surface area contributed by atoms with E-state index in [4.69, 9.17) is 10.1 Å². The summed E-state index contributed by atoms with van der Waals surface area (Å²) in [6, 6.07) is 20.3. The van der Waals surface area contributed by atoms with Gasteiger partial charge < -0.3 is 0 Å². The number of hydrogen-bond acceptors (Lipinski definition) is 5. The average molecular weight is 472 g/mol. The van der Waals surface area contributed by atoms with Gasteiger partial charge in [0.15, 0.2) is 11.6 Å². The van der Waals surface area contributed by atoms with Gasteiger partial charge in [0.2, 0.25) is 0 Å². The lowest BCUT2D eigenvalue weighted by molar-refractivity contribution is -0.121. The average Bonchev–Trinajstić information content (AvgIpc) is 3.33. The molecule has 3 atom stereocenters. The van der Waals surface area contributed by atoms with Crippen LogP contribution in [0.3, 0.4) is 0 Å². The Labute approximate surface area is 210 Å². The van der Waals surface area contributed by atoms with Gasteiger partial charge in [-0.05, 0) is 48.6 Å². The molecule has 0 aliphatic heterocycles. The van der Waals surface area contributed by atoms with Crippen LogP contribution >= 0.6 is 0 Å². The second-order valence-electron chi connectivity index (χ2n) is 9.85. The van der Waals surface area contributed by atoms with E-state index in [1.54, 1.807) is 12.4 Å². The number of allylic oxidation sites excluding steroid dienone is 2. The van der Waals surface area contributed by atoms with Gasteiger partial charge in [-0.2, -0.15) is 10.4 Å². The lowest BCUT2D eigenvalue weighted by atomic mass is 9.57. The minimum Gasteiger partial charge on any atom is -0.293 e. The number of benzene rings is 1. The maximum atomic E-state index is 12.9. The highest BCUT2D eigenvalue weighted by molar-refractivity contribution is 6.02. The molecule has 2 aliphatic rings. The molecule has 176 valence electrons. The van der Waals surface area contributed by atoms with Crippen molar-refractivity contribution in [3.05, 3.63) is 96.1 Å². The molecule has 6 heteroatoms. The molecule has 0 spiro atoms. The molecule has 0 bridgehead atoms. The molecule has 0 radical (unpaired) electrons. The van der Waals surface area contributed by atoms with Crippen molar-refractivity contribution in [3.8, 4) is 34.3 Å². The fourth-order valence-corrected chi connectivity index (χ4v) is 6.07. The van der Waals surface area contributed by atoms with E-state index in [9.17, 15) is 10.1 Å². The van der Waals surface area contributed by atoms with E-state index < -0.39 is 5.41 Å². The number of fused-ring (bicyclic) bond motifs is 3. The van der Waals surface area contributed by atoms with E-state index in [1.165, 1.54) is 0 Å². The minimum atomic E-state index is -0.524. The van der Waals surface area contributed by atoms with Crippen molar-refractivity contribution >= 4 is 5.78 Å². The fraction of sp³-hybridized carbons (Fsp3) is 0.233. The first kappa shape index (κ1) is 22.1. The molecule has 3 heterocycles. The molecule has 0 unspecified atom stereocenters. The Morgan fingerprint density at radius 3 is 2.50 bits per heavy atom. The molecule has 0 amide bonds. The quantitative estimate of drug-likeness (QED) is 0.395. The Kier molecular flexibility index (Phi) is 5.15. The van der Waals surface area contributed by atoms with Crippen LogP contribution in [0.2, 0.25) is 0 Å². The maximum absolute atomic E-state index is 12.9. The van der Waals surface area contributed by atoms with Crippen LogP contribution in [-0.2, 0) is 16.6 Å². The number of carbonyl (C=O) groups excluding carboxylic acids is 1. The zero-order chi connectivity index (χ0) is 24.9. The van der Waals surface area contributed by atoms with Crippen LogP contribution in [0.5, 0.6) is 0 Å². The van der Waals surface area contributed by atoms with Crippen LogP contribution in [0.25, 0.3) is 28.2 Å². The maximum Gasteiger partial charge on any atom is 0.176 e. The second-order valence-corrected chi connectivity index (χ2v) is 9.85. The van der Waals surface area contributed by atoms with Crippen LogP contribution in [0.1, 0.15) is 31.5 Å². The van der Waals surface area contributed by atoms with E-state index in [2.05, 4.69) is 36.2 Å². The Bertz CT molecular complexity index is 1530. The number of aromatic nitrogens is 4. The summed E-state index contributed by atoms with van der Waals surface area (Å²) in [5.74, 6) is 0.502. The van der Waals surface area contributed by atoms with Gasteiger partial charge in [0.05, 0.1) is 17.0 Å². The van der Waals surface area contributed by atoms with Crippen LogP contribution in [0.15, 0.2) is 84.8 Å². The zero-order valence-corrected chi connectivity index (χ0v) is 20.2. The normalized spacial score (nSPS) is 22.8. The number of rotatable bonds is 3. The van der Waals surface area contributed by atoms with Crippen molar-refractivity contribution in [3.63, 3.8) is 0 Å². The summed E-state index contributed by atoms with van der Waals surface area (Å²) in [4.78, 5) is 21.9. The topological polar surface area (TPSA) is 84.5 Å². The Morgan fingerprint density at radius 1 is 1.03 bits per heavy atom. The second kappa shape index (κ2) is 8.39. The third-order valence-electron chi connectivity index (χ3n) is 7.84. The van der Waals surface area contributed by atoms with Crippen LogP contribution < -0.4 is 0 Å². The highest BCUT2D eigenvalue weighted by Crippen LogP contribution is 2.52. The number of hydrogen-bond donors (Lipinski definition) is 0. The first-order valence-corrected chi connectivity index (χ1v) is 12.2. The summed E-state index contributed by atoms with van der Waals surface area (Å²) >= 11 is 0. The Hall–Kier alpha value is -4.37. The molecule has 6 rings (SSSR count). The van der Waals surface area contributed by atoms with E-state index in [1.807, 2.05) is 60.3 Å². The summed E-state index contributed by atoms with van der Waals surface area (Å²) in [5.41, 5.74) is 5.89. The van der Waals surface area contributed by atoms with E-state index in [-0.39, 0.29) is 23.2 Å². The lowest BCUT2D eigenvalue weighted by Gasteiger charge is -2.45. The SMILES string of the molecule is C[C@H]1C(=O)C(C#N)=C[C@@]2(C)c3c(c(-c4ccncc4)nn3-c3ccc(-c4ccccc4)cn3)CC[C@H]12. The largest absolute Gasteiger partial charge is 0.293 e. The van der Waals surface area contributed by atoms with Gasteiger partial charge in [-0.15, -0.1) is 0 Å². The molecule has 4 aromatic rings. The highest BCUT2D eigenvalue weighted by Gasteiger charge is 2.50. The molecule has 0 saturated carbocycles. The first-order valence-electron chi connectivity index (χ1n) is 12.2. The molecular formula is C30H25N5O. The summed E-state index contributed by atoms with van der Waals surface area (Å²) in [6.45, 7) is 4.10. The number of Topliss-reactive ketones (excluding diaryl/α,β-unsaturated/α-hetero) is 1. The first-order chi connectivity index (χ1) is 17.5. The Balaban J connectivity index is 1.57. The summed E-state index contributed by atoms with van der Waals surface area (Å²) < 4.78 is 1.93. The standard InChI is InChI=1S/C30H25N5O/c1-19-25-10-9-24-27(21-12-14-32-15-13-21)34-35(29(24)30(25,2)16-23(17-31)28(19)36)26-11-8-22(18-33-26)20-6-4-3-5-7-20/h3-8,11-16,18-19,25H,9-10H2,1-2H3/t19-,25-,30-/m1/s1. The van der Waals surface area contributed by atoms with Crippen molar-refractivity contribution in [2.45, 2.75) is 32.1 Å². The van der Waals surface area contributed by atoms with Gasteiger partial charge in [-0.25, -0.2) is 9.67 Å². The molecule has 0 N–H and O–H groups in total. The molecule has 0 saturated heterocycles. The predicted octanol–water partition coefficient (Wildman–Crippen LogP) is 5.49. The molecule has 3 aromatic heterocycles. The third-order valence-corrected chi connectivity index (χ3v) is 7.84. The van der Waals surface area contributed by atoms with Crippen molar-refractivity contribution in [1.82, 2.24) is 19.7 Å². The molecule has 36 heavy (non-hydrogen) atoms. The molecule has 6 nitrogen and oxygen atoms in total. The van der Waals surface area contributed by atoms with E-state index >= 15 is 0 Å². The number of pyridine rings is 2. The lowest BCUT2D eigenvalue weighted by Crippen LogP contribution is -2.46. The molecule has 0 fully saturated rings. The predicted molar refractivity (Wildman–Crippen MR) is 137 cm³/mol. The highest BCUT2D eigenvalue weighted by atomic mass is 16.1. The zero-order valence-electron chi connectivity index (χ0n) is 20.2. The molecule has 2 aliphatic carbocycles. The monoisotopic (exact) mass is 471 g/mol. The third kappa shape index (κ3) is 3.31. The van der Waals surface area contributed by atoms with Gasteiger partial charge in [0.25, 0.3) is 0 Å². The van der Waals surface area contributed by atoms with E-state index in [0.29, 0.717) is 5.82 Å². The summed E-state index contributed by atoms with van der Waals surface area (Å²) in [6.07, 6.45) is 8.96. The van der Waals surface area contributed by atoms with Crippen LogP contribution in [0.4, 0.5) is 0 Å². The molecule has 1 aromatic carbocycles. The van der Waals surface area contributed by atoms with Crippen molar-refractivity contribution in [2.24, 2.45) is 11.8 Å². The van der Waals surface area contributed by atoms with Gasteiger partial charge in [0.1, 0.15) is 6.07 Å².